The van der Waals surface area contributed by atoms with Crippen molar-refractivity contribution in [2.24, 2.45) is 5.92 Å². The molecule has 5 heteroatoms. The number of ketones is 1. The number of aliphatic hydroxyl groups is 1. The molecule has 0 bridgehead atoms. The van der Waals surface area contributed by atoms with Gasteiger partial charge in [-0.05, 0) is 31.8 Å². The van der Waals surface area contributed by atoms with Crippen LogP contribution in [0, 0.1) is 5.92 Å². The Morgan fingerprint density at radius 1 is 1.58 bits per heavy atom. The number of carbonyl (C=O) groups is 1. The van der Waals surface area contributed by atoms with Gasteiger partial charge in [-0.25, -0.2) is 0 Å². The Hall–Kier alpha value is -0.493. The zero-order chi connectivity index (χ0) is 13.9. The molecule has 2 atom stereocenters. The van der Waals surface area contributed by atoms with Gasteiger partial charge in [-0.3, -0.25) is 4.79 Å². The zero-order valence-corrected chi connectivity index (χ0v) is 13.1. The molecule has 0 saturated carbocycles. The average Bonchev–Trinajstić information content (AvgIpc) is 2.47. The Labute approximate surface area is 118 Å². The number of hydrogen-bond acceptors (Lipinski definition) is 4. The Bertz CT molecular complexity index is 264. The maximum atomic E-state index is 11.3. The molecule has 1 rings (SSSR count). The van der Waals surface area contributed by atoms with Crippen LogP contribution < -0.4 is 0 Å². The van der Waals surface area contributed by atoms with E-state index < -0.39 is 5.92 Å². The minimum absolute atomic E-state index is 0.142. The van der Waals surface area contributed by atoms with Crippen molar-refractivity contribution >= 4 is 15.3 Å². The predicted molar refractivity (Wildman–Crippen MR) is 78.2 cm³/mol. The summed E-state index contributed by atoms with van der Waals surface area (Å²) in [5, 5.41) is 9.04. The van der Waals surface area contributed by atoms with Crippen molar-refractivity contribution in [2.45, 2.75) is 37.5 Å². The minimum atomic E-state index is -0.448. The van der Waals surface area contributed by atoms with E-state index in [1.54, 1.807) is 0 Å². The molecule has 1 N–H and O–H groups in total. The first-order valence-corrected chi connectivity index (χ1v) is 9.06. The third-order valence-electron chi connectivity index (χ3n) is 3.48. The number of aliphatic hydroxyl groups excluding tert-OH is 1. The van der Waals surface area contributed by atoms with E-state index in [4.69, 9.17) is 14.6 Å². The number of carbonyl (C=O) groups excluding carboxylic acids is 1. The fraction of sp³-hybridized carbons (Fsp3) is 0.786. The Morgan fingerprint density at radius 2 is 2.42 bits per heavy atom. The second-order valence-corrected chi connectivity index (χ2v) is 7.24. The first-order chi connectivity index (χ1) is 9.27. The molecule has 0 aromatic rings. The number of allylic oxidation sites excluding steroid dienone is 1. The van der Waals surface area contributed by atoms with Gasteiger partial charge in [-0.15, -0.1) is 0 Å². The number of hydrogen-bond donors (Lipinski definition) is 1. The predicted octanol–water partition coefficient (Wildman–Crippen LogP) is 0.870. The SMILES string of the molecule is C=CC(=O)C(CO)COCCC[SiH2]C1CCCCO1. The minimum Gasteiger partial charge on any atom is -0.396 e. The maximum Gasteiger partial charge on any atom is 0.162 e. The summed E-state index contributed by atoms with van der Waals surface area (Å²) in [6.07, 6.45) is 6.06. The van der Waals surface area contributed by atoms with E-state index in [0.717, 1.165) is 13.0 Å². The summed E-state index contributed by atoms with van der Waals surface area (Å²) in [5.41, 5.74) is 0.571. The molecule has 0 aromatic carbocycles. The van der Waals surface area contributed by atoms with Crippen LogP contribution in [0.15, 0.2) is 12.7 Å². The smallest absolute Gasteiger partial charge is 0.162 e. The molecule has 4 nitrogen and oxygen atoms in total. The van der Waals surface area contributed by atoms with Crippen LogP contribution in [-0.2, 0) is 14.3 Å². The lowest BCUT2D eigenvalue weighted by molar-refractivity contribution is -0.121. The Kier molecular flexibility index (Phi) is 8.99. The molecule has 0 spiro atoms. The Morgan fingerprint density at radius 3 is 3.05 bits per heavy atom. The highest BCUT2D eigenvalue weighted by molar-refractivity contribution is 6.37. The molecule has 1 aliphatic heterocycles. The average molecular weight is 286 g/mol. The van der Waals surface area contributed by atoms with Crippen LogP contribution in [0.2, 0.25) is 6.04 Å². The fourth-order valence-electron chi connectivity index (χ4n) is 2.23. The molecule has 1 aliphatic rings. The van der Waals surface area contributed by atoms with Crippen LogP contribution in [0.25, 0.3) is 0 Å². The molecular weight excluding hydrogens is 260 g/mol. The van der Waals surface area contributed by atoms with Crippen LogP contribution in [-0.4, -0.2) is 52.6 Å². The molecule has 2 unspecified atom stereocenters. The van der Waals surface area contributed by atoms with E-state index >= 15 is 0 Å². The van der Waals surface area contributed by atoms with Gasteiger partial charge in [0.2, 0.25) is 0 Å². The third kappa shape index (κ3) is 7.01. The van der Waals surface area contributed by atoms with Gasteiger partial charge in [0.25, 0.3) is 0 Å². The van der Waals surface area contributed by atoms with E-state index in [1.807, 2.05) is 0 Å². The second-order valence-electron chi connectivity index (χ2n) is 5.05. The fourth-order valence-corrected chi connectivity index (χ4v) is 4.09. The molecule has 0 amide bonds. The molecule has 1 heterocycles. The first-order valence-electron chi connectivity index (χ1n) is 7.24. The van der Waals surface area contributed by atoms with Crippen LogP contribution in [0.1, 0.15) is 25.7 Å². The lowest BCUT2D eigenvalue weighted by Crippen LogP contribution is -2.25. The van der Waals surface area contributed by atoms with Crippen molar-refractivity contribution in [3.8, 4) is 0 Å². The second kappa shape index (κ2) is 10.3. The molecular formula is C14H26O4Si. The van der Waals surface area contributed by atoms with E-state index in [9.17, 15) is 4.79 Å². The van der Waals surface area contributed by atoms with Crippen LogP contribution >= 0.6 is 0 Å². The van der Waals surface area contributed by atoms with E-state index in [0.29, 0.717) is 18.9 Å². The molecule has 1 fully saturated rings. The molecule has 110 valence electrons. The van der Waals surface area contributed by atoms with E-state index in [1.165, 1.54) is 31.4 Å². The molecule has 1 saturated heterocycles. The van der Waals surface area contributed by atoms with Gasteiger partial charge in [0.15, 0.2) is 5.78 Å². The summed E-state index contributed by atoms with van der Waals surface area (Å²) in [6, 6.07) is 1.23. The summed E-state index contributed by atoms with van der Waals surface area (Å²) in [4.78, 5) is 11.3. The largest absolute Gasteiger partial charge is 0.396 e. The van der Waals surface area contributed by atoms with E-state index in [2.05, 4.69) is 6.58 Å². The van der Waals surface area contributed by atoms with Crippen molar-refractivity contribution in [1.29, 1.82) is 0 Å². The summed E-state index contributed by atoms with van der Waals surface area (Å²) >= 11 is 0. The summed E-state index contributed by atoms with van der Waals surface area (Å²) in [6.45, 7) is 5.15. The Balaban J connectivity index is 1.97. The van der Waals surface area contributed by atoms with Gasteiger partial charge in [-0.2, -0.15) is 0 Å². The van der Waals surface area contributed by atoms with Crippen LogP contribution in [0.4, 0.5) is 0 Å². The topological polar surface area (TPSA) is 55.8 Å². The monoisotopic (exact) mass is 286 g/mol. The molecule has 19 heavy (non-hydrogen) atoms. The zero-order valence-electron chi connectivity index (χ0n) is 11.7. The lowest BCUT2D eigenvalue weighted by Gasteiger charge is -2.22. The highest BCUT2D eigenvalue weighted by atomic mass is 28.2. The maximum absolute atomic E-state index is 11.3. The van der Waals surface area contributed by atoms with Gasteiger partial charge in [-0.1, -0.05) is 12.6 Å². The van der Waals surface area contributed by atoms with Crippen molar-refractivity contribution in [3.63, 3.8) is 0 Å². The number of rotatable bonds is 10. The highest BCUT2D eigenvalue weighted by Crippen LogP contribution is 2.13. The van der Waals surface area contributed by atoms with Gasteiger partial charge >= 0.3 is 0 Å². The van der Waals surface area contributed by atoms with Crippen molar-refractivity contribution in [1.82, 2.24) is 0 Å². The van der Waals surface area contributed by atoms with Crippen LogP contribution in [0.3, 0.4) is 0 Å². The summed E-state index contributed by atoms with van der Waals surface area (Å²) in [7, 11) is -0.142. The van der Waals surface area contributed by atoms with Gasteiger partial charge in [0.05, 0.1) is 28.7 Å². The lowest BCUT2D eigenvalue weighted by atomic mass is 10.1. The van der Waals surface area contributed by atoms with E-state index in [-0.39, 0.29) is 21.9 Å². The highest BCUT2D eigenvalue weighted by Gasteiger charge is 2.15. The molecule has 0 radical (unpaired) electrons. The van der Waals surface area contributed by atoms with Gasteiger partial charge in [0, 0.05) is 18.9 Å². The molecule has 0 aromatic heterocycles. The standard InChI is InChI=1S/C14H26O4Si/c1-2-13(16)12(10-15)11-17-7-5-9-19-14-6-3-4-8-18-14/h2,12,14-15H,1,3-11,19H2. The molecule has 0 aliphatic carbocycles. The van der Waals surface area contributed by atoms with Gasteiger partial charge < -0.3 is 14.6 Å². The summed E-state index contributed by atoms with van der Waals surface area (Å²) in [5.74, 6) is -0.594. The summed E-state index contributed by atoms with van der Waals surface area (Å²) < 4.78 is 11.2. The van der Waals surface area contributed by atoms with Crippen molar-refractivity contribution < 1.29 is 19.4 Å². The quantitative estimate of drug-likeness (QED) is 0.368. The van der Waals surface area contributed by atoms with Crippen molar-refractivity contribution in [2.75, 3.05) is 26.4 Å². The normalized spacial score (nSPS) is 21.6. The first kappa shape index (κ1) is 16.6. The number of ether oxygens (including phenoxy) is 2. The third-order valence-corrected chi connectivity index (χ3v) is 5.68. The van der Waals surface area contributed by atoms with Crippen LogP contribution in [0.5, 0.6) is 0 Å². The van der Waals surface area contributed by atoms with Crippen molar-refractivity contribution in [3.05, 3.63) is 12.7 Å². The van der Waals surface area contributed by atoms with Gasteiger partial charge in [0.1, 0.15) is 0 Å².